The standard InChI is InChI=1S/C16H23NO3S/c18-21(19,15-8-10-20-11-9-15)17-16(14-6-7-14)12-13-4-2-1-3-5-13/h1-5,14-17H,6-12H2. The molecule has 1 atom stereocenters. The van der Waals surface area contributed by atoms with Crippen LogP contribution in [-0.2, 0) is 21.2 Å². The van der Waals surface area contributed by atoms with Crippen LogP contribution in [0.15, 0.2) is 30.3 Å². The van der Waals surface area contributed by atoms with Gasteiger partial charge in [-0.05, 0) is 43.6 Å². The van der Waals surface area contributed by atoms with Crippen molar-refractivity contribution in [1.29, 1.82) is 0 Å². The smallest absolute Gasteiger partial charge is 0.214 e. The summed E-state index contributed by atoms with van der Waals surface area (Å²) in [7, 11) is -3.24. The van der Waals surface area contributed by atoms with Crippen molar-refractivity contribution in [3.8, 4) is 0 Å². The Hall–Kier alpha value is -0.910. The van der Waals surface area contributed by atoms with Gasteiger partial charge in [0.15, 0.2) is 0 Å². The molecule has 1 aromatic rings. The van der Waals surface area contributed by atoms with E-state index in [4.69, 9.17) is 4.74 Å². The maximum atomic E-state index is 12.6. The van der Waals surface area contributed by atoms with Crippen LogP contribution in [0.1, 0.15) is 31.2 Å². The van der Waals surface area contributed by atoms with E-state index in [1.807, 2.05) is 18.2 Å². The Kier molecular flexibility index (Phi) is 4.62. The Bertz CT molecular complexity index is 548. The second-order valence-electron chi connectivity index (χ2n) is 6.11. The molecule has 116 valence electrons. The fourth-order valence-electron chi connectivity index (χ4n) is 2.96. The minimum atomic E-state index is -3.24. The number of nitrogens with one attached hydrogen (secondary N) is 1. The van der Waals surface area contributed by atoms with Crippen LogP contribution in [0.5, 0.6) is 0 Å². The molecule has 1 aromatic carbocycles. The van der Waals surface area contributed by atoms with Crippen LogP contribution in [0.2, 0.25) is 0 Å². The number of rotatable bonds is 6. The molecular formula is C16H23NO3S. The summed E-state index contributed by atoms with van der Waals surface area (Å²) in [6.07, 6.45) is 4.27. The number of benzene rings is 1. The fraction of sp³-hybridized carbons (Fsp3) is 0.625. The van der Waals surface area contributed by atoms with Crippen LogP contribution in [0.3, 0.4) is 0 Å². The minimum Gasteiger partial charge on any atom is -0.381 e. The van der Waals surface area contributed by atoms with Crippen molar-refractivity contribution in [1.82, 2.24) is 4.72 Å². The molecule has 1 heterocycles. The van der Waals surface area contributed by atoms with Gasteiger partial charge in [0.25, 0.3) is 0 Å². The third-order valence-corrected chi connectivity index (χ3v) is 6.39. The van der Waals surface area contributed by atoms with E-state index in [1.54, 1.807) is 0 Å². The molecule has 0 radical (unpaired) electrons. The van der Waals surface area contributed by atoms with Gasteiger partial charge in [-0.15, -0.1) is 0 Å². The largest absolute Gasteiger partial charge is 0.381 e. The summed E-state index contributed by atoms with van der Waals surface area (Å²) < 4.78 is 33.4. The first-order valence-corrected chi connectivity index (χ1v) is 9.32. The Morgan fingerprint density at radius 2 is 1.76 bits per heavy atom. The number of hydrogen-bond acceptors (Lipinski definition) is 3. The molecule has 2 aliphatic rings. The molecule has 3 rings (SSSR count). The maximum absolute atomic E-state index is 12.6. The fourth-order valence-corrected chi connectivity index (χ4v) is 4.67. The van der Waals surface area contributed by atoms with Gasteiger partial charge in [0, 0.05) is 19.3 Å². The Balaban J connectivity index is 1.67. The zero-order valence-electron chi connectivity index (χ0n) is 12.2. The summed E-state index contributed by atoms with van der Waals surface area (Å²) in [5.74, 6) is 0.500. The van der Waals surface area contributed by atoms with Gasteiger partial charge in [-0.1, -0.05) is 30.3 Å². The van der Waals surface area contributed by atoms with E-state index in [0.29, 0.717) is 32.0 Å². The van der Waals surface area contributed by atoms with Crippen molar-refractivity contribution < 1.29 is 13.2 Å². The first-order valence-electron chi connectivity index (χ1n) is 7.78. The van der Waals surface area contributed by atoms with E-state index >= 15 is 0 Å². The highest BCUT2D eigenvalue weighted by Crippen LogP contribution is 2.35. The van der Waals surface area contributed by atoms with Crippen LogP contribution in [0.4, 0.5) is 0 Å². The summed E-state index contributed by atoms with van der Waals surface area (Å²) in [5.41, 5.74) is 1.20. The number of hydrogen-bond donors (Lipinski definition) is 1. The Morgan fingerprint density at radius 3 is 2.38 bits per heavy atom. The van der Waals surface area contributed by atoms with Crippen molar-refractivity contribution in [2.24, 2.45) is 5.92 Å². The molecule has 1 saturated carbocycles. The van der Waals surface area contributed by atoms with Crippen LogP contribution >= 0.6 is 0 Å². The molecule has 1 saturated heterocycles. The van der Waals surface area contributed by atoms with Crippen LogP contribution in [0, 0.1) is 5.92 Å². The second-order valence-corrected chi connectivity index (χ2v) is 8.10. The van der Waals surface area contributed by atoms with Crippen molar-refractivity contribution in [3.63, 3.8) is 0 Å². The van der Waals surface area contributed by atoms with Crippen molar-refractivity contribution >= 4 is 10.0 Å². The monoisotopic (exact) mass is 309 g/mol. The van der Waals surface area contributed by atoms with E-state index in [1.165, 1.54) is 5.56 Å². The van der Waals surface area contributed by atoms with Gasteiger partial charge >= 0.3 is 0 Å². The average molecular weight is 309 g/mol. The lowest BCUT2D eigenvalue weighted by Gasteiger charge is -2.26. The SMILES string of the molecule is O=S(=O)(NC(Cc1ccccc1)C1CC1)C1CCOCC1. The van der Waals surface area contributed by atoms with Gasteiger partial charge in [0.05, 0.1) is 5.25 Å². The molecule has 21 heavy (non-hydrogen) atoms. The Morgan fingerprint density at radius 1 is 1.10 bits per heavy atom. The lowest BCUT2D eigenvalue weighted by molar-refractivity contribution is 0.0980. The normalized spacial score (nSPS) is 22.1. The summed E-state index contributed by atoms with van der Waals surface area (Å²) >= 11 is 0. The molecule has 1 aliphatic carbocycles. The molecular weight excluding hydrogens is 286 g/mol. The zero-order valence-corrected chi connectivity index (χ0v) is 13.0. The molecule has 0 bridgehead atoms. The quantitative estimate of drug-likeness (QED) is 0.875. The Labute approximate surface area is 126 Å². The maximum Gasteiger partial charge on any atom is 0.214 e. The molecule has 0 amide bonds. The van der Waals surface area contributed by atoms with Gasteiger partial charge in [-0.2, -0.15) is 0 Å². The molecule has 2 fully saturated rings. The summed E-state index contributed by atoms with van der Waals surface area (Å²) in [4.78, 5) is 0. The highest BCUT2D eigenvalue weighted by Gasteiger charge is 2.36. The molecule has 1 aliphatic heterocycles. The predicted molar refractivity (Wildman–Crippen MR) is 82.6 cm³/mol. The van der Waals surface area contributed by atoms with Crippen LogP contribution in [0.25, 0.3) is 0 Å². The highest BCUT2D eigenvalue weighted by atomic mass is 32.2. The topological polar surface area (TPSA) is 55.4 Å². The van der Waals surface area contributed by atoms with E-state index < -0.39 is 10.0 Å². The van der Waals surface area contributed by atoms with E-state index in [-0.39, 0.29) is 11.3 Å². The molecule has 5 heteroatoms. The van der Waals surface area contributed by atoms with E-state index in [9.17, 15) is 8.42 Å². The molecule has 1 N–H and O–H groups in total. The van der Waals surface area contributed by atoms with Gasteiger partial charge < -0.3 is 4.74 Å². The second kappa shape index (κ2) is 6.46. The van der Waals surface area contributed by atoms with E-state index in [0.717, 1.165) is 19.3 Å². The summed E-state index contributed by atoms with van der Waals surface area (Å²) in [6.45, 7) is 1.11. The van der Waals surface area contributed by atoms with Gasteiger partial charge in [0.1, 0.15) is 0 Å². The first-order chi connectivity index (χ1) is 10.1. The molecule has 4 nitrogen and oxygen atoms in total. The lowest BCUT2D eigenvalue weighted by Crippen LogP contribution is -2.45. The van der Waals surface area contributed by atoms with Gasteiger partial charge in [-0.25, -0.2) is 13.1 Å². The van der Waals surface area contributed by atoms with Gasteiger partial charge in [-0.3, -0.25) is 0 Å². The third kappa shape index (κ3) is 4.05. The van der Waals surface area contributed by atoms with E-state index in [2.05, 4.69) is 16.9 Å². The molecule has 0 spiro atoms. The number of ether oxygens (including phenoxy) is 1. The third-order valence-electron chi connectivity index (χ3n) is 4.41. The summed E-state index contributed by atoms with van der Waals surface area (Å²) in [5, 5.41) is -0.289. The average Bonchev–Trinajstić information content (AvgIpc) is 3.33. The predicted octanol–water partition coefficient (Wildman–Crippen LogP) is 2.11. The highest BCUT2D eigenvalue weighted by molar-refractivity contribution is 7.90. The van der Waals surface area contributed by atoms with Gasteiger partial charge in [0.2, 0.25) is 10.0 Å². The van der Waals surface area contributed by atoms with Crippen molar-refractivity contribution in [2.75, 3.05) is 13.2 Å². The molecule has 1 unspecified atom stereocenters. The van der Waals surface area contributed by atoms with Crippen LogP contribution in [-0.4, -0.2) is 32.9 Å². The lowest BCUT2D eigenvalue weighted by atomic mass is 10.0. The summed E-state index contributed by atoms with van der Waals surface area (Å²) in [6, 6.07) is 10.2. The minimum absolute atomic E-state index is 0.0419. The van der Waals surface area contributed by atoms with Crippen molar-refractivity contribution in [3.05, 3.63) is 35.9 Å². The molecule has 0 aromatic heterocycles. The first kappa shape index (κ1) is 15.0. The van der Waals surface area contributed by atoms with Crippen molar-refractivity contribution in [2.45, 2.75) is 43.4 Å². The van der Waals surface area contributed by atoms with Crippen LogP contribution < -0.4 is 4.72 Å². The number of sulfonamides is 1. The zero-order chi connectivity index (χ0) is 14.7.